The minimum Gasteiger partial charge on any atom is -0.462 e. The third-order valence-corrected chi connectivity index (χ3v) is 16.9. The summed E-state index contributed by atoms with van der Waals surface area (Å²) in [7, 11) is 0. The number of hydrogen-bond donors (Lipinski definition) is 0. The lowest BCUT2D eigenvalue weighted by molar-refractivity contribution is -0.167. The zero-order valence-corrected chi connectivity index (χ0v) is 55.1. The minimum atomic E-state index is -0.766. The van der Waals surface area contributed by atoms with Gasteiger partial charge in [0.1, 0.15) is 13.2 Å². The molecule has 0 saturated carbocycles. The van der Waals surface area contributed by atoms with E-state index in [2.05, 4.69) is 45.1 Å². The van der Waals surface area contributed by atoms with E-state index in [1.165, 1.54) is 321 Å². The van der Waals surface area contributed by atoms with Gasteiger partial charge in [0, 0.05) is 19.3 Å². The molecule has 0 radical (unpaired) electrons. The molecule has 0 N–H and O–H groups in total. The monoisotopic (exact) mass is 1140 g/mol. The fourth-order valence-electron chi connectivity index (χ4n) is 11.4. The van der Waals surface area contributed by atoms with Crippen molar-refractivity contribution >= 4 is 17.9 Å². The molecule has 6 heteroatoms. The molecular weight excluding hydrogens is 997 g/mol. The molecule has 0 aliphatic heterocycles. The van der Waals surface area contributed by atoms with Gasteiger partial charge in [0.05, 0.1) is 0 Å². The first kappa shape index (κ1) is 78.9. The quantitative estimate of drug-likeness (QED) is 0.0261. The van der Waals surface area contributed by atoms with Crippen molar-refractivity contribution in [2.24, 2.45) is 0 Å². The first-order chi connectivity index (χ1) is 40.0. The van der Waals surface area contributed by atoms with Gasteiger partial charge in [0.25, 0.3) is 0 Å². The van der Waals surface area contributed by atoms with Gasteiger partial charge >= 0.3 is 17.9 Å². The van der Waals surface area contributed by atoms with Crippen molar-refractivity contribution in [1.82, 2.24) is 0 Å². The summed E-state index contributed by atoms with van der Waals surface area (Å²) in [5.41, 5.74) is 0. The Hall–Kier alpha value is -2.11. The molecule has 0 spiro atoms. The van der Waals surface area contributed by atoms with Crippen LogP contribution in [0.5, 0.6) is 0 Å². The largest absolute Gasteiger partial charge is 0.462 e. The second-order valence-corrected chi connectivity index (χ2v) is 25.2. The number of allylic oxidation sites excluding steroid dienone is 4. The lowest BCUT2D eigenvalue weighted by atomic mass is 10.0. The predicted molar refractivity (Wildman–Crippen MR) is 353 cm³/mol. The van der Waals surface area contributed by atoms with Crippen LogP contribution in [0.15, 0.2) is 24.3 Å². The van der Waals surface area contributed by atoms with Gasteiger partial charge < -0.3 is 14.2 Å². The van der Waals surface area contributed by atoms with Crippen LogP contribution in [0.2, 0.25) is 0 Å². The van der Waals surface area contributed by atoms with Gasteiger partial charge in [-0.05, 0) is 70.6 Å². The highest BCUT2D eigenvalue weighted by molar-refractivity contribution is 5.71. The SMILES string of the molecule is CCCCCCCCCC/C=C\CCCCCCCCCCCCCCCCCCCCCCCC(=O)OCC(COC(=O)CCCCCCCCC)OC(=O)CCCCCCCCCCCCC/C=C\CCCCCCCCCC. The normalized spacial score (nSPS) is 12.1. The number of rotatable bonds is 69. The van der Waals surface area contributed by atoms with E-state index in [9.17, 15) is 14.4 Å². The molecule has 6 nitrogen and oxygen atoms in total. The molecular formula is C75H142O6. The maximum Gasteiger partial charge on any atom is 0.306 e. The number of unbranched alkanes of at least 4 members (excludes halogenated alkanes) is 54. The van der Waals surface area contributed by atoms with Crippen LogP contribution in [0.4, 0.5) is 0 Å². The molecule has 0 aromatic rings. The number of carbonyl (C=O) groups is 3. The lowest BCUT2D eigenvalue weighted by Crippen LogP contribution is -2.30. The lowest BCUT2D eigenvalue weighted by Gasteiger charge is -2.18. The second kappa shape index (κ2) is 70.4. The fraction of sp³-hybridized carbons (Fsp3) is 0.907. The summed E-state index contributed by atoms with van der Waals surface area (Å²) >= 11 is 0. The highest BCUT2D eigenvalue weighted by atomic mass is 16.6. The van der Waals surface area contributed by atoms with E-state index in [1.807, 2.05) is 0 Å². The molecule has 1 unspecified atom stereocenters. The van der Waals surface area contributed by atoms with Gasteiger partial charge in [0.15, 0.2) is 6.10 Å². The van der Waals surface area contributed by atoms with Gasteiger partial charge in [-0.1, -0.05) is 353 Å². The maximum atomic E-state index is 12.9. The van der Waals surface area contributed by atoms with Crippen molar-refractivity contribution in [1.29, 1.82) is 0 Å². The van der Waals surface area contributed by atoms with Crippen LogP contribution in [0.3, 0.4) is 0 Å². The van der Waals surface area contributed by atoms with Crippen LogP contribution in [-0.2, 0) is 28.6 Å². The van der Waals surface area contributed by atoms with E-state index < -0.39 is 6.10 Å². The average Bonchev–Trinajstić information content (AvgIpc) is 3.47. The molecule has 0 aliphatic rings. The highest BCUT2D eigenvalue weighted by Gasteiger charge is 2.19. The van der Waals surface area contributed by atoms with Crippen LogP contribution in [-0.4, -0.2) is 37.2 Å². The Kier molecular flexibility index (Phi) is 68.5. The van der Waals surface area contributed by atoms with Crippen molar-refractivity contribution in [3.8, 4) is 0 Å². The number of hydrogen-bond acceptors (Lipinski definition) is 6. The van der Waals surface area contributed by atoms with Crippen molar-refractivity contribution in [3.63, 3.8) is 0 Å². The Morgan fingerprint density at radius 2 is 0.407 bits per heavy atom. The van der Waals surface area contributed by atoms with Crippen LogP contribution >= 0.6 is 0 Å². The number of carbonyl (C=O) groups excluding carboxylic acids is 3. The van der Waals surface area contributed by atoms with Crippen LogP contribution in [0.25, 0.3) is 0 Å². The van der Waals surface area contributed by atoms with E-state index in [1.54, 1.807) is 0 Å². The average molecular weight is 1140 g/mol. The summed E-state index contributed by atoms with van der Waals surface area (Å²) in [6.45, 7) is 6.67. The summed E-state index contributed by atoms with van der Waals surface area (Å²) in [4.78, 5) is 38.2. The van der Waals surface area contributed by atoms with E-state index in [-0.39, 0.29) is 31.1 Å². The number of ether oxygens (including phenoxy) is 3. The highest BCUT2D eigenvalue weighted by Crippen LogP contribution is 2.19. The zero-order valence-electron chi connectivity index (χ0n) is 55.1. The summed E-state index contributed by atoms with van der Waals surface area (Å²) in [5.74, 6) is -0.844. The van der Waals surface area contributed by atoms with E-state index in [4.69, 9.17) is 14.2 Å². The van der Waals surface area contributed by atoms with E-state index in [0.717, 1.165) is 57.8 Å². The van der Waals surface area contributed by atoms with E-state index in [0.29, 0.717) is 19.3 Å². The Bertz CT molecular complexity index is 1310. The molecule has 1 atom stereocenters. The molecule has 0 saturated heterocycles. The Balaban J connectivity index is 3.96. The van der Waals surface area contributed by atoms with Crippen molar-refractivity contribution in [2.75, 3.05) is 13.2 Å². The Morgan fingerprint density at radius 3 is 0.617 bits per heavy atom. The Labute approximate surface area is 506 Å². The summed E-state index contributed by atoms with van der Waals surface area (Å²) < 4.78 is 16.9. The molecule has 0 aliphatic carbocycles. The molecule has 0 rings (SSSR count). The van der Waals surface area contributed by atoms with Crippen molar-refractivity contribution in [3.05, 3.63) is 24.3 Å². The van der Waals surface area contributed by atoms with Gasteiger partial charge in [-0.25, -0.2) is 0 Å². The molecule has 0 bridgehead atoms. The second-order valence-electron chi connectivity index (χ2n) is 25.2. The smallest absolute Gasteiger partial charge is 0.306 e. The fourth-order valence-corrected chi connectivity index (χ4v) is 11.4. The zero-order chi connectivity index (χ0) is 58.5. The van der Waals surface area contributed by atoms with Gasteiger partial charge in [-0.2, -0.15) is 0 Å². The summed E-state index contributed by atoms with van der Waals surface area (Å²) in [5, 5.41) is 0. The van der Waals surface area contributed by atoms with Crippen LogP contribution in [0.1, 0.15) is 419 Å². The molecule has 0 heterocycles. The molecule has 81 heavy (non-hydrogen) atoms. The van der Waals surface area contributed by atoms with Gasteiger partial charge in [0.2, 0.25) is 0 Å². The molecule has 0 amide bonds. The van der Waals surface area contributed by atoms with E-state index >= 15 is 0 Å². The van der Waals surface area contributed by atoms with Gasteiger partial charge in [-0.15, -0.1) is 0 Å². The standard InChI is InChI=1S/C75H142O6/c1-4-7-10-13-16-18-20-22-24-26-28-30-32-33-34-35-36-37-38-39-40-41-43-44-46-48-50-52-54-56-59-62-65-68-74(77)80-71-72(70-79-73(76)67-64-61-58-15-12-9-6-3)81-75(78)69-66-63-60-57-55-53-51-49-47-45-42-31-29-27-25-23-21-19-17-14-11-8-5-2/h26-29,72H,4-25,30-71H2,1-3H3/b28-26-,29-27-. The topological polar surface area (TPSA) is 78.9 Å². The summed E-state index contributed by atoms with van der Waals surface area (Å²) in [6, 6.07) is 0. The third-order valence-electron chi connectivity index (χ3n) is 16.9. The van der Waals surface area contributed by atoms with Crippen molar-refractivity contribution < 1.29 is 28.6 Å². The predicted octanol–water partition coefficient (Wildman–Crippen LogP) is 25.3. The summed E-state index contributed by atoms with van der Waals surface area (Å²) in [6.07, 6.45) is 86.9. The molecule has 0 aromatic carbocycles. The minimum absolute atomic E-state index is 0.0654. The number of esters is 3. The molecule has 0 aromatic heterocycles. The Morgan fingerprint density at radius 1 is 0.235 bits per heavy atom. The van der Waals surface area contributed by atoms with Gasteiger partial charge in [-0.3, -0.25) is 14.4 Å². The van der Waals surface area contributed by atoms with Crippen LogP contribution in [0, 0.1) is 0 Å². The molecule has 0 fully saturated rings. The van der Waals surface area contributed by atoms with Crippen LogP contribution < -0.4 is 0 Å². The van der Waals surface area contributed by atoms with Crippen molar-refractivity contribution in [2.45, 2.75) is 425 Å². The first-order valence-electron chi connectivity index (χ1n) is 36.8. The third kappa shape index (κ3) is 68.6. The first-order valence-corrected chi connectivity index (χ1v) is 36.8. The molecule has 478 valence electrons. The maximum absolute atomic E-state index is 12.9.